The van der Waals surface area contributed by atoms with Gasteiger partial charge in [0, 0.05) is 11.9 Å². The second kappa shape index (κ2) is 5.57. The first-order valence-electron chi connectivity index (χ1n) is 6.09. The largest absolute Gasteiger partial charge is 0.398 e. The first-order chi connectivity index (χ1) is 9.15. The van der Waals surface area contributed by atoms with Gasteiger partial charge in [-0.3, -0.25) is 14.4 Å². The van der Waals surface area contributed by atoms with Crippen LogP contribution in [0.5, 0.6) is 0 Å². The molecule has 2 rings (SSSR count). The fourth-order valence-electron chi connectivity index (χ4n) is 1.93. The van der Waals surface area contributed by atoms with Crippen LogP contribution in [0, 0.1) is 0 Å². The van der Waals surface area contributed by atoms with E-state index in [1.807, 2.05) is 16.7 Å². The zero-order valence-corrected chi connectivity index (χ0v) is 10.7. The number of imidazole rings is 1. The van der Waals surface area contributed by atoms with E-state index >= 15 is 0 Å². The molecule has 0 aliphatic rings. The van der Waals surface area contributed by atoms with E-state index < -0.39 is 5.91 Å². The summed E-state index contributed by atoms with van der Waals surface area (Å²) >= 11 is 0. The maximum absolute atomic E-state index is 11.0. The van der Waals surface area contributed by atoms with Gasteiger partial charge in [0.2, 0.25) is 0 Å². The second-order valence-corrected chi connectivity index (χ2v) is 4.24. The molecule has 0 saturated heterocycles. The minimum Gasteiger partial charge on any atom is -0.398 e. The average Bonchev–Trinajstić information content (AvgIpc) is 2.74. The Bertz CT molecular complexity index is 593. The molecule has 5 N–H and O–H groups in total. The SMILES string of the molecule is CCCc1c(NCC(=O)NO)nc2ccc(N)cn12. The maximum Gasteiger partial charge on any atom is 0.262 e. The predicted octanol–water partition coefficient (Wildman–Crippen LogP) is 0.786. The van der Waals surface area contributed by atoms with E-state index in [2.05, 4.69) is 17.2 Å². The first kappa shape index (κ1) is 13.2. The van der Waals surface area contributed by atoms with E-state index in [-0.39, 0.29) is 6.54 Å². The number of pyridine rings is 1. The molecule has 0 bridgehead atoms. The highest BCUT2D eigenvalue weighted by Crippen LogP contribution is 2.20. The summed E-state index contributed by atoms with van der Waals surface area (Å²) in [5.74, 6) is 0.120. The van der Waals surface area contributed by atoms with Crippen molar-refractivity contribution in [3.05, 3.63) is 24.0 Å². The number of amides is 1. The summed E-state index contributed by atoms with van der Waals surface area (Å²) in [4.78, 5) is 15.5. The summed E-state index contributed by atoms with van der Waals surface area (Å²) < 4.78 is 1.91. The van der Waals surface area contributed by atoms with Crippen molar-refractivity contribution in [1.29, 1.82) is 0 Å². The fourth-order valence-corrected chi connectivity index (χ4v) is 1.93. The number of carbonyl (C=O) groups excluding carboxylic acids is 1. The molecule has 0 saturated carbocycles. The molecule has 0 spiro atoms. The number of nitrogen functional groups attached to an aromatic ring is 1. The molecule has 1 amide bonds. The van der Waals surface area contributed by atoms with E-state index in [0.29, 0.717) is 11.5 Å². The van der Waals surface area contributed by atoms with Gasteiger partial charge in [-0.05, 0) is 18.6 Å². The minimum atomic E-state index is -0.515. The van der Waals surface area contributed by atoms with Crippen molar-refractivity contribution in [3.8, 4) is 0 Å². The molecule has 19 heavy (non-hydrogen) atoms. The molecular formula is C12H17N5O2. The minimum absolute atomic E-state index is 0.0351. The molecule has 0 unspecified atom stereocenters. The van der Waals surface area contributed by atoms with E-state index in [9.17, 15) is 4.79 Å². The van der Waals surface area contributed by atoms with Gasteiger partial charge in [0.05, 0.1) is 12.2 Å². The van der Waals surface area contributed by atoms with Crippen LogP contribution in [0.25, 0.3) is 5.65 Å². The molecule has 0 aliphatic carbocycles. The number of rotatable bonds is 5. The van der Waals surface area contributed by atoms with E-state index in [1.165, 1.54) is 0 Å². The third-order valence-electron chi connectivity index (χ3n) is 2.77. The highest BCUT2D eigenvalue weighted by molar-refractivity contribution is 5.79. The van der Waals surface area contributed by atoms with Crippen LogP contribution in [0.2, 0.25) is 0 Å². The van der Waals surface area contributed by atoms with Crippen molar-refractivity contribution in [3.63, 3.8) is 0 Å². The smallest absolute Gasteiger partial charge is 0.262 e. The van der Waals surface area contributed by atoms with Crippen molar-refractivity contribution in [2.24, 2.45) is 0 Å². The van der Waals surface area contributed by atoms with Crippen molar-refractivity contribution in [2.75, 3.05) is 17.6 Å². The van der Waals surface area contributed by atoms with Crippen LogP contribution in [0.15, 0.2) is 18.3 Å². The lowest BCUT2D eigenvalue weighted by Gasteiger charge is -2.05. The summed E-state index contributed by atoms with van der Waals surface area (Å²) in [6.07, 6.45) is 3.57. The zero-order valence-electron chi connectivity index (χ0n) is 10.7. The molecule has 2 aromatic heterocycles. The lowest BCUT2D eigenvalue weighted by atomic mass is 10.2. The number of nitrogens with two attached hydrogens (primary N) is 1. The normalized spacial score (nSPS) is 10.6. The number of hydroxylamine groups is 1. The van der Waals surface area contributed by atoms with Crippen LogP contribution >= 0.6 is 0 Å². The molecule has 2 heterocycles. The summed E-state index contributed by atoms with van der Waals surface area (Å²) in [5.41, 5.74) is 9.74. The predicted molar refractivity (Wildman–Crippen MR) is 72.0 cm³/mol. The maximum atomic E-state index is 11.0. The zero-order chi connectivity index (χ0) is 13.8. The van der Waals surface area contributed by atoms with Gasteiger partial charge < -0.3 is 11.1 Å². The Kier molecular flexibility index (Phi) is 3.86. The van der Waals surface area contributed by atoms with Crippen molar-refractivity contribution < 1.29 is 10.0 Å². The number of fused-ring (bicyclic) bond motifs is 1. The summed E-state index contributed by atoms with van der Waals surface area (Å²) in [6.45, 7) is 2.03. The molecule has 0 aliphatic heterocycles. The number of anilines is 2. The molecule has 0 atom stereocenters. The van der Waals surface area contributed by atoms with Crippen molar-refractivity contribution >= 4 is 23.1 Å². The summed E-state index contributed by atoms with van der Waals surface area (Å²) in [7, 11) is 0. The van der Waals surface area contributed by atoms with E-state index in [1.54, 1.807) is 11.5 Å². The Labute approximate surface area is 110 Å². The Morgan fingerprint density at radius 1 is 1.53 bits per heavy atom. The third-order valence-corrected chi connectivity index (χ3v) is 2.77. The second-order valence-electron chi connectivity index (χ2n) is 4.24. The highest BCUT2D eigenvalue weighted by Gasteiger charge is 2.12. The Morgan fingerprint density at radius 3 is 3.00 bits per heavy atom. The van der Waals surface area contributed by atoms with Crippen LogP contribution in [0.1, 0.15) is 19.0 Å². The van der Waals surface area contributed by atoms with Gasteiger partial charge in [-0.2, -0.15) is 0 Å². The molecule has 102 valence electrons. The Morgan fingerprint density at radius 2 is 2.32 bits per heavy atom. The molecular weight excluding hydrogens is 246 g/mol. The van der Waals surface area contributed by atoms with Gasteiger partial charge in [0.15, 0.2) is 0 Å². The highest BCUT2D eigenvalue weighted by atomic mass is 16.5. The van der Waals surface area contributed by atoms with Crippen LogP contribution in [-0.4, -0.2) is 27.0 Å². The number of hydrogen-bond acceptors (Lipinski definition) is 5. The van der Waals surface area contributed by atoms with Gasteiger partial charge in [-0.1, -0.05) is 13.3 Å². The van der Waals surface area contributed by atoms with Gasteiger partial charge in [0.1, 0.15) is 11.5 Å². The number of aromatic nitrogens is 2. The van der Waals surface area contributed by atoms with Crippen LogP contribution in [-0.2, 0) is 11.2 Å². The first-order valence-corrected chi connectivity index (χ1v) is 6.09. The molecule has 0 aromatic carbocycles. The number of nitrogens with one attached hydrogen (secondary N) is 2. The Balaban J connectivity index is 2.36. The number of hydrogen-bond donors (Lipinski definition) is 4. The van der Waals surface area contributed by atoms with E-state index in [4.69, 9.17) is 10.9 Å². The molecule has 7 nitrogen and oxygen atoms in total. The summed E-state index contributed by atoms with van der Waals surface area (Å²) in [6, 6.07) is 3.61. The van der Waals surface area contributed by atoms with Crippen LogP contribution in [0.4, 0.5) is 11.5 Å². The quantitative estimate of drug-likeness (QED) is 0.471. The number of carbonyl (C=O) groups is 1. The molecule has 0 radical (unpaired) electrons. The molecule has 2 aromatic rings. The van der Waals surface area contributed by atoms with Crippen molar-refractivity contribution in [2.45, 2.75) is 19.8 Å². The number of aryl methyl sites for hydroxylation is 1. The van der Waals surface area contributed by atoms with Crippen LogP contribution < -0.4 is 16.5 Å². The average molecular weight is 263 g/mol. The lowest BCUT2D eigenvalue weighted by Crippen LogP contribution is -2.27. The lowest BCUT2D eigenvalue weighted by molar-refractivity contribution is -0.127. The topological polar surface area (TPSA) is 105 Å². The third kappa shape index (κ3) is 2.76. The van der Waals surface area contributed by atoms with Crippen molar-refractivity contribution in [1.82, 2.24) is 14.9 Å². The van der Waals surface area contributed by atoms with Gasteiger partial charge in [-0.15, -0.1) is 0 Å². The van der Waals surface area contributed by atoms with Gasteiger partial charge in [0.25, 0.3) is 5.91 Å². The Hall–Kier alpha value is -2.28. The molecule has 7 heteroatoms. The standard InChI is InChI=1S/C12H17N5O2/c1-2-3-9-12(14-6-11(18)16-19)15-10-5-4-8(13)7-17(9)10/h4-5,7,14,19H,2-3,6,13H2,1H3,(H,16,18). The van der Waals surface area contributed by atoms with Crippen LogP contribution in [0.3, 0.4) is 0 Å². The van der Waals surface area contributed by atoms with E-state index in [0.717, 1.165) is 24.2 Å². The van der Waals surface area contributed by atoms with Gasteiger partial charge >= 0.3 is 0 Å². The fraction of sp³-hybridized carbons (Fsp3) is 0.333. The van der Waals surface area contributed by atoms with Gasteiger partial charge in [-0.25, -0.2) is 10.5 Å². The summed E-state index contributed by atoms with van der Waals surface area (Å²) in [5, 5.41) is 11.4. The number of nitrogens with zero attached hydrogens (tertiary/aromatic N) is 2. The monoisotopic (exact) mass is 263 g/mol. The molecule has 0 fully saturated rings.